The number of aromatic nitrogens is 3. The number of aromatic amines is 1. The van der Waals surface area contributed by atoms with Crippen LogP contribution in [0.1, 0.15) is 25.1 Å². The normalized spacial score (nSPS) is 12.4. The number of nitrogens with zero attached hydrogens (tertiary/aromatic N) is 2. The quantitative estimate of drug-likeness (QED) is 0.604. The minimum absolute atomic E-state index is 0.199. The maximum atomic E-state index is 5.31. The van der Waals surface area contributed by atoms with E-state index in [0.717, 1.165) is 5.82 Å². The largest absolute Gasteiger partial charge is 0.367 e. The van der Waals surface area contributed by atoms with Crippen LogP contribution in [0.5, 0.6) is 0 Å². The Labute approximate surface area is 65.2 Å². The van der Waals surface area contributed by atoms with Crippen molar-refractivity contribution in [1.82, 2.24) is 15.2 Å². The summed E-state index contributed by atoms with van der Waals surface area (Å²) in [6.45, 7) is 1.97. The van der Waals surface area contributed by atoms with Gasteiger partial charge in [-0.2, -0.15) is 4.98 Å². The lowest BCUT2D eigenvalue weighted by Crippen LogP contribution is -1.95. The van der Waals surface area contributed by atoms with Gasteiger partial charge in [0.05, 0.1) is 0 Å². The average molecular weight is 150 g/mol. The Morgan fingerprint density at radius 1 is 1.82 bits per heavy atom. The Morgan fingerprint density at radius 3 is 3.00 bits per heavy atom. The van der Waals surface area contributed by atoms with Crippen molar-refractivity contribution in [3.63, 3.8) is 0 Å². The highest BCUT2D eigenvalue weighted by Gasteiger charge is 2.07. The fraction of sp³-hybridized carbons (Fsp3) is 0.429. The summed E-state index contributed by atoms with van der Waals surface area (Å²) in [6, 6.07) is 0. The Balaban J connectivity index is 2.70. The summed E-state index contributed by atoms with van der Waals surface area (Å²) in [5, 5.41) is 6.40. The third kappa shape index (κ3) is 1.71. The van der Waals surface area contributed by atoms with Crippen LogP contribution in [-0.2, 0) is 0 Å². The Bertz CT molecular complexity index is 270. The molecule has 1 aromatic rings. The minimum atomic E-state index is 0.199. The van der Waals surface area contributed by atoms with E-state index < -0.39 is 0 Å². The predicted octanol–water partition coefficient (Wildman–Crippen LogP) is 0.514. The number of hydrogen-bond donors (Lipinski definition) is 2. The van der Waals surface area contributed by atoms with Gasteiger partial charge in [-0.15, -0.1) is 17.4 Å². The van der Waals surface area contributed by atoms with Crippen LogP contribution >= 0.6 is 0 Å². The van der Waals surface area contributed by atoms with Gasteiger partial charge in [0, 0.05) is 12.3 Å². The molecule has 0 aliphatic carbocycles. The number of anilines is 1. The monoisotopic (exact) mass is 150 g/mol. The van der Waals surface area contributed by atoms with Gasteiger partial charge in [0.15, 0.2) is 0 Å². The summed E-state index contributed by atoms with van der Waals surface area (Å²) in [4.78, 5) is 3.94. The Hall–Kier alpha value is -1.50. The number of nitrogens with two attached hydrogens (primary N) is 1. The lowest BCUT2D eigenvalue weighted by molar-refractivity contribution is 0.730. The van der Waals surface area contributed by atoms with E-state index >= 15 is 0 Å². The predicted molar refractivity (Wildman–Crippen MR) is 42.7 cm³/mol. The summed E-state index contributed by atoms with van der Waals surface area (Å²) < 4.78 is 0. The summed E-state index contributed by atoms with van der Waals surface area (Å²) >= 11 is 0. The van der Waals surface area contributed by atoms with E-state index in [2.05, 4.69) is 21.1 Å². The maximum Gasteiger partial charge on any atom is 0.239 e. The highest BCUT2D eigenvalue weighted by atomic mass is 15.3. The third-order valence-electron chi connectivity index (χ3n) is 1.41. The van der Waals surface area contributed by atoms with Crippen LogP contribution in [0.15, 0.2) is 0 Å². The van der Waals surface area contributed by atoms with Crippen molar-refractivity contribution < 1.29 is 0 Å². The van der Waals surface area contributed by atoms with Gasteiger partial charge in [-0.05, 0) is 0 Å². The smallest absolute Gasteiger partial charge is 0.239 e. The first-order valence-electron chi connectivity index (χ1n) is 3.35. The van der Waals surface area contributed by atoms with E-state index in [1.807, 2.05) is 6.92 Å². The molecule has 4 heteroatoms. The average Bonchev–Trinajstić information content (AvgIpc) is 2.36. The van der Waals surface area contributed by atoms with Gasteiger partial charge in [-0.25, -0.2) is 0 Å². The van der Waals surface area contributed by atoms with Crippen molar-refractivity contribution in [2.24, 2.45) is 0 Å². The summed E-state index contributed by atoms with van der Waals surface area (Å²) in [5.74, 6) is 3.76. The zero-order chi connectivity index (χ0) is 8.27. The van der Waals surface area contributed by atoms with Crippen molar-refractivity contribution in [2.75, 3.05) is 5.73 Å². The number of nitrogens with one attached hydrogen (secondary N) is 1. The second-order valence-electron chi connectivity index (χ2n) is 2.39. The van der Waals surface area contributed by atoms with E-state index in [-0.39, 0.29) is 11.9 Å². The fourth-order valence-corrected chi connectivity index (χ4v) is 0.782. The van der Waals surface area contributed by atoms with Crippen LogP contribution in [0.3, 0.4) is 0 Å². The van der Waals surface area contributed by atoms with Gasteiger partial charge in [-0.1, -0.05) is 6.92 Å². The number of terminal acetylenes is 1. The molecule has 0 saturated carbocycles. The molecule has 0 aliphatic rings. The second-order valence-corrected chi connectivity index (χ2v) is 2.39. The molecule has 0 bridgehead atoms. The van der Waals surface area contributed by atoms with E-state index in [1.165, 1.54) is 0 Å². The number of hydrogen-bond acceptors (Lipinski definition) is 3. The van der Waals surface area contributed by atoms with Crippen LogP contribution in [0, 0.1) is 12.3 Å². The van der Waals surface area contributed by atoms with Crippen LogP contribution in [0.4, 0.5) is 5.95 Å². The van der Waals surface area contributed by atoms with Crippen molar-refractivity contribution >= 4 is 5.95 Å². The van der Waals surface area contributed by atoms with Crippen LogP contribution in [0.2, 0.25) is 0 Å². The van der Waals surface area contributed by atoms with E-state index in [9.17, 15) is 0 Å². The molecular weight excluding hydrogens is 140 g/mol. The lowest BCUT2D eigenvalue weighted by Gasteiger charge is -1.99. The van der Waals surface area contributed by atoms with Crippen LogP contribution < -0.4 is 5.73 Å². The van der Waals surface area contributed by atoms with E-state index in [1.54, 1.807) is 0 Å². The van der Waals surface area contributed by atoms with Crippen molar-refractivity contribution in [3.8, 4) is 12.3 Å². The summed E-state index contributed by atoms with van der Waals surface area (Å²) in [7, 11) is 0. The zero-order valence-electron chi connectivity index (χ0n) is 6.33. The molecule has 4 nitrogen and oxygen atoms in total. The van der Waals surface area contributed by atoms with Gasteiger partial charge < -0.3 is 5.73 Å². The van der Waals surface area contributed by atoms with Crippen LogP contribution in [0.25, 0.3) is 0 Å². The van der Waals surface area contributed by atoms with Gasteiger partial charge in [0.2, 0.25) is 5.95 Å². The molecule has 0 saturated heterocycles. The molecule has 58 valence electrons. The molecule has 0 amide bonds. The Kier molecular flexibility index (Phi) is 2.12. The van der Waals surface area contributed by atoms with Crippen LogP contribution in [-0.4, -0.2) is 15.2 Å². The topological polar surface area (TPSA) is 67.6 Å². The van der Waals surface area contributed by atoms with Gasteiger partial charge in [-0.3, -0.25) is 5.10 Å². The number of rotatable bonds is 2. The summed E-state index contributed by atoms with van der Waals surface area (Å²) in [6.07, 6.45) is 5.78. The maximum absolute atomic E-state index is 5.31. The number of nitrogen functional groups attached to an aromatic ring is 1. The molecule has 0 radical (unpaired) electrons. The molecule has 3 N–H and O–H groups in total. The molecule has 0 aromatic carbocycles. The van der Waals surface area contributed by atoms with Gasteiger partial charge in [0.1, 0.15) is 5.82 Å². The van der Waals surface area contributed by atoms with Crippen molar-refractivity contribution in [3.05, 3.63) is 5.82 Å². The molecule has 0 aliphatic heterocycles. The van der Waals surface area contributed by atoms with Crippen molar-refractivity contribution in [2.45, 2.75) is 19.3 Å². The molecule has 1 rings (SSSR count). The van der Waals surface area contributed by atoms with Gasteiger partial charge in [0.25, 0.3) is 0 Å². The van der Waals surface area contributed by atoms with E-state index in [4.69, 9.17) is 12.2 Å². The highest BCUT2D eigenvalue weighted by molar-refractivity contribution is 5.15. The minimum Gasteiger partial charge on any atom is -0.367 e. The summed E-state index contributed by atoms with van der Waals surface area (Å²) in [5.41, 5.74) is 5.31. The fourth-order valence-electron chi connectivity index (χ4n) is 0.782. The molecule has 0 unspecified atom stereocenters. The molecular formula is C7H10N4. The molecule has 0 fully saturated rings. The first kappa shape index (κ1) is 7.61. The zero-order valence-corrected chi connectivity index (χ0v) is 6.33. The second kappa shape index (κ2) is 3.06. The first-order valence-corrected chi connectivity index (χ1v) is 3.35. The first-order chi connectivity index (χ1) is 5.24. The molecule has 1 aromatic heterocycles. The van der Waals surface area contributed by atoms with Gasteiger partial charge >= 0.3 is 0 Å². The highest BCUT2D eigenvalue weighted by Crippen LogP contribution is 2.13. The third-order valence-corrected chi connectivity index (χ3v) is 1.41. The Morgan fingerprint density at radius 2 is 2.55 bits per heavy atom. The molecule has 1 atom stereocenters. The lowest BCUT2D eigenvalue weighted by atomic mass is 10.1. The molecule has 11 heavy (non-hydrogen) atoms. The molecule has 1 heterocycles. The standard InChI is InChI=1S/C7H10N4/c1-3-4-5(2)6-9-7(8)11-10-6/h1,5H,4H2,2H3,(H3,8,9,10,11)/t5-/m1/s1. The SMILES string of the molecule is C#CC[C@@H](C)c1nc(N)n[nH]1. The van der Waals surface area contributed by atoms with Crippen molar-refractivity contribution in [1.29, 1.82) is 0 Å². The number of H-pyrrole nitrogens is 1. The molecule has 0 spiro atoms. The van der Waals surface area contributed by atoms with E-state index in [0.29, 0.717) is 6.42 Å².